The molecule has 0 saturated heterocycles. The highest BCUT2D eigenvalue weighted by atomic mass is 16.5. The van der Waals surface area contributed by atoms with Crippen LogP contribution in [0.5, 0.6) is 11.6 Å². The summed E-state index contributed by atoms with van der Waals surface area (Å²) in [6, 6.07) is 11.8. The largest absolute Gasteiger partial charge is 0.493 e. The summed E-state index contributed by atoms with van der Waals surface area (Å²) >= 11 is 0. The smallest absolute Gasteiger partial charge is 0.213 e. The van der Waals surface area contributed by atoms with Crippen molar-refractivity contribution in [3.8, 4) is 11.6 Å². The highest BCUT2D eigenvalue weighted by Gasteiger charge is 2.17. The number of guanidine groups is 1. The SMILES string of the molecule is CN=C(NCc1ccnc(OC2CCCC2)c1)Nc1cccc(OCCCOC)c1. The van der Waals surface area contributed by atoms with Crippen molar-refractivity contribution in [1.82, 2.24) is 10.3 Å². The van der Waals surface area contributed by atoms with Gasteiger partial charge < -0.3 is 24.8 Å². The van der Waals surface area contributed by atoms with Crippen molar-refractivity contribution >= 4 is 11.6 Å². The monoisotopic (exact) mass is 412 g/mol. The number of benzene rings is 1. The lowest BCUT2D eigenvalue weighted by molar-refractivity contribution is 0.172. The van der Waals surface area contributed by atoms with Gasteiger partial charge in [-0.15, -0.1) is 0 Å². The van der Waals surface area contributed by atoms with Gasteiger partial charge >= 0.3 is 0 Å². The summed E-state index contributed by atoms with van der Waals surface area (Å²) in [5.74, 6) is 2.19. The van der Waals surface area contributed by atoms with E-state index in [1.54, 1.807) is 20.4 Å². The molecule has 7 nitrogen and oxygen atoms in total. The van der Waals surface area contributed by atoms with Crippen LogP contribution in [0.1, 0.15) is 37.7 Å². The molecule has 0 radical (unpaired) electrons. The van der Waals surface area contributed by atoms with Crippen LogP contribution in [0.3, 0.4) is 0 Å². The average molecular weight is 413 g/mol. The lowest BCUT2D eigenvalue weighted by Crippen LogP contribution is -2.30. The average Bonchev–Trinajstić information content (AvgIpc) is 3.28. The molecule has 0 amide bonds. The van der Waals surface area contributed by atoms with Gasteiger partial charge in [-0.1, -0.05) is 6.07 Å². The zero-order valence-corrected chi connectivity index (χ0v) is 17.9. The molecule has 1 heterocycles. The van der Waals surface area contributed by atoms with Crippen molar-refractivity contribution in [2.75, 3.05) is 32.7 Å². The maximum Gasteiger partial charge on any atom is 0.213 e. The molecular formula is C23H32N4O3. The second-order valence-corrected chi connectivity index (χ2v) is 7.30. The summed E-state index contributed by atoms with van der Waals surface area (Å²) in [6.07, 6.45) is 7.68. The van der Waals surface area contributed by atoms with Crippen LogP contribution in [0.25, 0.3) is 0 Å². The van der Waals surface area contributed by atoms with Gasteiger partial charge in [0.2, 0.25) is 5.88 Å². The maximum absolute atomic E-state index is 6.00. The fraction of sp³-hybridized carbons (Fsp3) is 0.478. The Balaban J connectivity index is 1.50. The fourth-order valence-corrected chi connectivity index (χ4v) is 3.36. The van der Waals surface area contributed by atoms with Crippen LogP contribution < -0.4 is 20.1 Å². The van der Waals surface area contributed by atoms with E-state index in [4.69, 9.17) is 14.2 Å². The molecule has 0 aliphatic heterocycles. The number of hydrogen-bond donors (Lipinski definition) is 2. The normalized spacial score (nSPS) is 14.5. The fourth-order valence-electron chi connectivity index (χ4n) is 3.36. The maximum atomic E-state index is 6.00. The highest BCUT2D eigenvalue weighted by Crippen LogP contribution is 2.23. The zero-order chi connectivity index (χ0) is 21.0. The molecule has 7 heteroatoms. The second kappa shape index (κ2) is 12.0. The number of methoxy groups -OCH3 is 1. The summed E-state index contributed by atoms with van der Waals surface area (Å²) in [5, 5.41) is 6.63. The van der Waals surface area contributed by atoms with Crippen LogP contribution >= 0.6 is 0 Å². The number of ether oxygens (including phenoxy) is 3. The molecule has 0 bridgehead atoms. The van der Waals surface area contributed by atoms with Crippen molar-refractivity contribution in [2.45, 2.75) is 44.8 Å². The van der Waals surface area contributed by atoms with Crippen LogP contribution in [0, 0.1) is 0 Å². The number of aromatic nitrogens is 1. The van der Waals surface area contributed by atoms with Gasteiger partial charge in [0.25, 0.3) is 0 Å². The van der Waals surface area contributed by atoms with Crippen molar-refractivity contribution in [3.05, 3.63) is 48.2 Å². The van der Waals surface area contributed by atoms with E-state index < -0.39 is 0 Å². The van der Waals surface area contributed by atoms with Crippen molar-refractivity contribution < 1.29 is 14.2 Å². The summed E-state index contributed by atoms with van der Waals surface area (Å²) < 4.78 is 16.8. The highest BCUT2D eigenvalue weighted by molar-refractivity contribution is 5.93. The Morgan fingerprint density at radius 3 is 2.83 bits per heavy atom. The van der Waals surface area contributed by atoms with E-state index in [0.29, 0.717) is 37.7 Å². The Labute approximate surface area is 178 Å². The molecule has 1 saturated carbocycles. The number of rotatable bonds is 10. The molecular weight excluding hydrogens is 380 g/mol. The molecule has 1 aliphatic rings. The van der Waals surface area contributed by atoms with E-state index in [1.165, 1.54) is 12.8 Å². The van der Waals surface area contributed by atoms with Crippen LogP contribution in [0.15, 0.2) is 47.6 Å². The molecule has 1 aliphatic carbocycles. The van der Waals surface area contributed by atoms with Gasteiger partial charge in [-0.2, -0.15) is 0 Å². The number of nitrogens with one attached hydrogen (secondary N) is 2. The molecule has 162 valence electrons. The minimum Gasteiger partial charge on any atom is -0.493 e. The van der Waals surface area contributed by atoms with Gasteiger partial charge in [-0.3, -0.25) is 4.99 Å². The third kappa shape index (κ3) is 7.22. The first kappa shape index (κ1) is 21.9. The van der Waals surface area contributed by atoms with E-state index in [-0.39, 0.29) is 0 Å². The molecule has 3 rings (SSSR count). The van der Waals surface area contributed by atoms with E-state index in [1.807, 2.05) is 36.4 Å². The van der Waals surface area contributed by atoms with Crippen LogP contribution in [-0.2, 0) is 11.3 Å². The van der Waals surface area contributed by atoms with E-state index in [2.05, 4.69) is 20.6 Å². The molecule has 30 heavy (non-hydrogen) atoms. The van der Waals surface area contributed by atoms with Crippen molar-refractivity contribution in [2.24, 2.45) is 4.99 Å². The van der Waals surface area contributed by atoms with E-state index >= 15 is 0 Å². The Bertz CT molecular complexity index is 807. The molecule has 1 fully saturated rings. The van der Waals surface area contributed by atoms with E-state index in [0.717, 1.165) is 36.3 Å². The van der Waals surface area contributed by atoms with E-state index in [9.17, 15) is 0 Å². The van der Waals surface area contributed by atoms with Gasteiger partial charge in [-0.05, 0) is 49.4 Å². The first-order valence-corrected chi connectivity index (χ1v) is 10.6. The predicted octanol–water partition coefficient (Wildman–Crippen LogP) is 4.01. The first-order valence-electron chi connectivity index (χ1n) is 10.6. The van der Waals surface area contributed by atoms with Crippen LogP contribution in [0.4, 0.5) is 5.69 Å². The minimum absolute atomic E-state index is 0.305. The summed E-state index contributed by atoms with van der Waals surface area (Å²) in [6.45, 7) is 1.94. The van der Waals surface area contributed by atoms with Gasteiger partial charge in [0, 0.05) is 57.7 Å². The Morgan fingerprint density at radius 1 is 1.17 bits per heavy atom. The van der Waals surface area contributed by atoms with Crippen molar-refractivity contribution in [1.29, 1.82) is 0 Å². The van der Waals surface area contributed by atoms with Crippen LogP contribution in [0.2, 0.25) is 0 Å². The summed E-state index contributed by atoms with van der Waals surface area (Å²) in [5.41, 5.74) is 2.00. The predicted molar refractivity (Wildman–Crippen MR) is 119 cm³/mol. The molecule has 2 aromatic rings. The Kier molecular flexibility index (Phi) is 8.78. The molecule has 2 N–H and O–H groups in total. The molecule has 1 aromatic heterocycles. The molecule has 0 unspecified atom stereocenters. The number of pyridine rings is 1. The zero-order valence-electron chi connectivity index (χ0n) is 17.9. The number of nitrogens with zero attached hydrogens (tertiary/aromatic N) is 2. The standard InChI is InChI=1S/C23H32N4O3/c1-24-23(27-19-7-5-10-21(16-19)29-14-6-13-28-2)26-17-18-11-12-25-22(15-18)30-20-8-3-4-9-20/h5,7,10-12,15-16,20H,3-4,6,8-9,13-14,17H2,1-2H3,(H2,24,26,27). The van der Waals surface area contributed by atoms with Crippen molar-refractivity contribution in [3.63, 3.8) is 0 Å². The van der Waals surface area contributed by atoms with Gasteiger partial charge in [0.1, 0.15) is 11.9 Å². The van der Waals surface area contributed by atoms with Gasteiger partial charge in [-0.25, -0.2) is 4.98 Å². The topological polar surface area (TPSA) is 77.0 Å². The van der Waals surface area contributed by atoms with Gasteiger partial charge in [0.15, 0.2) is 5.96 Å². The second-order valence-electron chi connectivity index (χ2n) is 7.30. The summed E-state index contributed by atoms with van der Waals surface area (Å²) in [4.78, 5) is 8.66. The molecule has 0 spiro atoms. The summed E-state index contributed by atoms with van der Waals surface area (Å²) in [7, 11) is 3.44. The Morgan fingerprint density at radius 2 is 2.03 bits per heavy atom. The molecule has 0 atom stereocenters. The number of anilines is 1. The third-order valence-corrected chi connectivity index (χ3v) is 4.93. The molecule has 1 aromatic carbocycles. The quantitative estimate of drug-likeness (QED) is 0.349. The van der Waals surface area contributed by atoms with Gasteiger partial charge in [0.05, 0.1) is 6.61 Å². The Hall–Kier alpha value is -2.80. The third-order valence-electron chi connectivity index (χ3n) is 4.93. The first-order chi connectivity index (χ1) is 14.8. The lowest BCUT2D eigenvalue weighted by Gasteiger charge is -2.15. The minimum atomic E-state index is 0.305. The number of hydrogen-bond acceptors (Lipinski definition) is 5. The van der Waals surface area contributed by atoms with Crippen LogP contribution in [-0.4, -0.2) is 44.4 Å². The lowest BCUT2D eigenvalue weighted by atomic mass is 10.2. The number of aliphatic imine (C=N–C) groups is 1.